The van der Waals surface area contributed by atoms with E-state index in [1.165, 1.54) is 21.9 Å². The maximum atomic E-state index is 5.98. The lowest BCUT2D eigenvalue weighted by atomic mass is 9.98. The molecule has 0 saturated carbocycles. The molecule has 0 aromatic heterocycles. The summed E-state index contributed by atoms with van der Waals surface area (Å²) in [4.78, 5) is 2.50. The Morgan fingerprint density at radius 1 is 1.22 bits per heavy atom. The fourth-order valence-corrected chi connectivity index (χ4v) is 3.12. The van der Waals surface area contributed by atoms with Gasteiger partial charge in [0, 0.05) is 25.2 Å². The first-order valence-corrected chi connectivity index (χ1v) is 6.68. The van der Waals surface area contributed by atoms with E-state index in [2.05, 4.69) is 55.1 Å². The van der Waals surface area contributed by atoms with E-state index in [0.717, 1.165) is 6.54 Å². The molecule has 94 valence electrons. The van der Waals surface area contributed by atoms with Crippen molar-refractivity contribution in [3.63, 3.8) is 0 Å². The summed E-state index contributed by atoms with van der Waals surface area (Å²) in [6.45, 7) is 6.22. The van der Waals surface area contributed by atoms with Gasteiger partial charge in [0.1, 0.15) is 0 Å². The smallest absolute Gasteiger partial charge is 0.0480 e. The SMILES string of the molecule is CC(C)N1Cc2c(ccc3ccccc23)C1CN. The molecule has 0 radical (unpaired) electrons. The van der Waals surface area contributed by atoms with Crippen LogP contribution < -0.4 is 5.73 Å². The minimum absolute atomic E-state index is 0.379. The second-order valence-corrected chi connectivity index (χ2v) is 5.37. The molecule has 1 heterocycles. The van der Waals surface area contributed by atoms with Crippen LogP contribution in [0.5, 0.6) is 0 Å². The third-order valence-electron chi connectivity index (χ3n) is 4.06. The van der Waals surface area contributed by atoms with Gasteiger partial charge in [-0.3, -0.25) is 4.90 Å². The summed E-state index contributed by atoms with van der Waals surface area (Å²) in [6, 6.07) is 14.0. The quantitative estimate of drug-likeness (QED) is 0.874. The second-order valence-electron chi connectivity index (χ2n) is 5.37. The fraction of sp³-hybridized carbons (Fsp3) is 0.375. The van der Waals surface area contributed by atoms with Crippen LogP contribution in [-0.4, -0.2) is 17.5 Å². The van der Waals surface area contributed by atoms with E-state index in [0.29, 0.717) is 18.6 Å². The first-order valence-electron chi connectivity index (χ1n) is 6.68. The predicted molar refractivity (Wildman–Crippen MR) is 76.4 cm³/mol. The normalized spacial score (nSPS) is 19.7. The molecule has 3 rings (SSSR count). The summed E-state index contributed by atoms with van der Waals surface area (Å²) in [5.74, 6) is 0. The van der Waals surface area contributed by atoms with E-state index in [-0.39, 0.29) is 0 Å². The largest absolute Gasteiger partial charge is 0.329 e. The van der Waals surface area contributed by atoms with Crippen molar-refractivity contribution in [3.8, 4) is 0 Å². The van der Waals surface area contributed by atoms with E-state index in [4.69, 9.17) is 5.73 Å². The number of fused-ring (bicyclic) bond motifs is 3. The van der Waals surface area contributed by atoms with Crippen LogP contribution >= 0.6 is 0 Å². The third-order valence-corrected chi connectivity index (χ3v) is 4.06. The van der Waals surface area contributed by atoms with Gasteiger partial charge >= 0.3 is 0 Å². The highest BCUT2D eigenvalue weighted by Gasteiger charge is 2.31. The van der Waals surface area contributed by atoms with Crippen molar-refractivity contribution in [3.05, 3.63) is 47.5 Å². The molecule has 0 spiro atoms. The van der Waals surface area contributed by atoms with Crippen LogP contribution in [0.1, 0.15) is 31.0 Å². The van der Waals surface area contributed by atoms with Crippen LogP contribution in [0.25, 0.3) is 10.8 Å². The monoisotopic (exact) mass is 240 g/mol. The molecular weight excluding hydrogens is 220 g/mol. The number of benzene rings is 2. The molecule has 0 bridgehead atoms. The Bertz CT molecular complexity index is 574. The maximum absolute atomic E-state index is 5.98. The van der Waals surface area contributed by atoms with Gasteiger partial charge in [0.15, 0.2) is 0 Å². The Balaban J connectivity index is 2.18. The molecule has 18 heavy (non-hydrogen) atoms. The Kier molecular flexibility index (Phi) is 2.84. The first-order chi connectivity index (χ1) is 8.72. The Morgan fingerprint density at radius 3 is 2.72 bits per heavy atom. The van der Waals surface area contributed by atoms with Crippen molar-refractivity contribution in [1.82, 2.24) is 4.90 Å². The lowest BCUT2D eigenvalue weighted by Crippen LogP contribution is -2.33. The summed E-state index contributed by atoms with van der Waals surface area (Å²) in [7, 11) is 0. The molecule has 2 aromatic rings. The zero-order chi connectivity index (χ0) is 12.7. The molecule has 1 aliphatic rings. The van der Waals surface area contributed by atoms with Crippen molar-refractivity contribution in [2.75, 3.05) is 6.54 Å². The van der Waals surface area contributed by atoms with Gasteiger partial charge in [0.05, 0.1) is 0 Å². The van der Waals surface area contributed by atoms with Crippen LogP contribution in [0.15, 0.2) is 36.4 Å². The van der Waals surface area contributed by atoms with Gasteiger partial charge in [0.2, 0.25) is 0 Å². The summed E-state index contributed by atoms with van der Waals surface area (Å²) >= 11 is 0. The Morgan fingerprint density at radius 2 is 2.00 bits per heavy atom. The van der Waals surface area contributed by atoms with E-state index in [1.807, 2.05) is 0 Å². The highest BCUT2D eigenvalue weighted by molar-refractivity contribution is 5.87. The van der Waals surface area contributed by atoms with Crippen LogP contribution in [0.3, 0.4) is 0 Å². The van der Waals surface area contributed by atoms with Gasteiger partial charge in [-0.2, -0.15) is 0 Å². The maximum Gasteiger partial charge on any atom is 0.0480 e. The molecule has 2 N–H and O–H groups in total. The van der Waals surface area contributed by atoms with Crippen molar-refractivity contribution < 1.29 is 0 Å². The molecule has 0 fully saturated rings. The van der Waals surface area contributed by atoms with Crippen molar-refractivity contribution >= 4 is 10.8 Å². The molecule has 1 atom stereocenters. The number of nitrogens with two attached hydrogens (primary N) is 1. The van der Waals surface area contributed by atoms with E-state index in [1.54, 1.807) is 0 Å². The lowest BCUT2D eigenvalue weighted by molar-refractivity contribution is 0.172. The predicted octanol–water partition coefficient (Wildman–Crippen LogP) is 3.06. The van der Waals surface area contributed by atoms with Gasteiger partial charge < -0.3 is 5.73 Å². The molecule has 1 aliphatic heterocycles. The zero-order valence-corrected chi connectivity index (χ0v) is 11.1. The summed E-state index contributed by atoms with van der Waals surface area (Å²) in [5, 5.41) is 2.72. The topological polar surface area (TPSA) is 29.3 Å². The van der Waals surface area contributed by atoms with Gasteiger partial charge in [-0.25, -0.2) is 0 Å². The van der Waals surface area contributed by atoms with Crippen LogP contribution in [0.4, 0.5) is 0 Å². The van der Waals surface area contributed by atoms with Crippen molar-refractivity contribution in [2.45, 2.75) is 32.5 Å². The number of rotatable bonds is 2. The average Bonchev–Trinajstić information content (AvgIpc) is 2.77. The van der Waals surface area contributed by atoms with Crippen LogP contribution in [0.2, 0.25) is 0 Å². The third kappa shape index (κ3) is 1.64. The molecular formula is C16H20N2. The fourth-order valence-electron chi connectivity index (χ4n) is 3.12. The van der Waals surface area contributed by atoms with Gasteiger partial charge in [-0.05, 0) is 35.7 Å². The van der Waals surface area contributed by atoms with E-state index < -0.39 is 0 Å². The summed E-state index contributed by atoms with van der Waals surface area (Å²) in [5.41, 5.74) is 8.87. The molecule has 2 heteroatoms. The number of hydrogen-bond donors (Lipinski definition) is 1. The number of hydrogen-bond acceptors (Lipinski definition) is 2. The summed E-state index contributed by atoms with van der Waals surface area (Å²) in [6.07, 6.45) is 0. The Hall–Kier alpha value is -1.38. The van der Waals surface area contributed by atoms with E-state index in [9.17, 15) is 0 Å². The lowest BCUT2D eigenvalue weighted by Gasteiger charge is -2.27. The minimum atomic E-state index is 0.379. The van der Waals surface area contributed by atoms with Crippen LogP contribution in [-0.2, 0) is 6.54 Å². The second kappa shape index (κ2) is 4.38. The van der Waals surface area contributed by atoms with Gasteiger partial charge in [-0.15, -0.1) is 0 Å². The number of nitrogens with zero attached hydrogens (tertiary/aromatic N) is 1. The van der Waals surface area contributed by atoms with Crippen molar-refractivity contribution in [1.29, 1.82) is 0 Å². The molecule has 0 amide bonds. The molecule has 2 nitrogen and oxygen atoms in total. The minimum Gasteiger partial charge on any atom is -0.329 e. The first kappa shape index (κ1) is 11.7. The average molecular weight is 240 g/mol. The van der Waals surface area contributed by atoms with Gasteiger partial charge in [0.25, 0.3) is 0 Å². The van der Waals surface area contributed by atoms with E-state index >= 15 is 0 Å². The highest BCUT2D eigenvalue weighted by Crippen LogP contribution is 2.38. The zero-order valence-electron chi connectivity index (χ0n) is 11.1. The summed E-state index contributed by atoms with van der Waals surface area (Å²) < 4.78 is 0. The molecule has 0 aliphatic carbocycles. The van der Waals surface area contributed by atoms with Crippen molar-refractivity contribution in [2.24, 2.45) is 5.73 Å². The Labute approximate surface area is 108 Å². The van der Waals surface area contributed by atoms with Gasteiger partial charge in [-0.1, -0.05) is 36.4 Å². The highest BCUT2D eigenvalue weighted by atomic mass is 15.2. The van der Waals surface area contributed by atoms with Crippen LogP contribution in [0, 0.1) is 0 Å². The molecule has 2 aromatic carbocycles. The standard InChI is InChI=1S/C16H20N2/c1-11(2)18-10-15-13-6-4-3-5-12(13)7-8-14(15)16(18)9-17/h3-8,11,16H,9-10,17H2,1-2H3. The molecule has 1 unspecified atom stereocenters. The molecule has 0 saturated heterocycles.